The van der Waals surface area contributed by atoms with Gasteiger partial charge < -0.3 is 4.98 Å². The predicted octanol–water partition coefficient (Wildman–Crippen LogP) is 1.73. The average Bonchev–Trinajstić information content (AvgIpc) is 2.95. The van der Waals surface area contributed by atoms with Gasteiger partial charge in [0.25, 0.3) is 5.56 Å². The molecule has 0 saturated heterocycles. The van der Waals surface area contributed by atoms with E-state index in [4.69, 9.17) is 0 Å². The Morgan fingerprint density at radius 3 is 2.95 bits per heavy atom. The van der Waals surface area contributed by atoms with Crippen molar-refractivity contribution < 1.29 is 0 Å². The van der Waals surface area contributed by atoms with Crippen LogP contribution in [-0.2, 0) is 13.0 Å². The largest absolute Gasteiger partial charge is 0.347 e. The molecule has 0 amide bonds. The number of benzene rings is 1. The minimum atomic E-state index is -0.0308. The molecular weight excluding hydrogens is 240 g/mol. The van der Waals surface area contributed by atoms with E-state index in [9.17, 15) is 4.79 Å². The number of H-pyrrole nitrogens is 1. The first-order valence-electron chi connectivity index (χ1n) is 6.24. The lowest BCUT2D eigenvalue weighted by molar-refractivity contribution is 0.715. The van der Waals surface area contributed by atoms with Crippen LogP contribution in [-0.4, -0.2) is 19.5 Å². The zero-order valence-corrected chi connectivity index (χ0v) is 10.6. The molecule has 3 aromatic rings. The molecule has 96 valence electrons. The molecule has 1 N–H and O–H groups in total. The van der Waals surface area contributed by atoms with Gasteiger partial charge in [0.05, 0.1) is 23.8 Å². The maximum absolute atomic E-state index is 12.4. The van der Waals surface area contributed by atoms with E-state index in [1.54, 1.807) is 23.3 Å². The first-order chi connectivity index (χ1) is 9.28. The van der Waals surface area contributed by atoms with Crippen LogP contribution in [0.2, 0.25) is 0 Å². The van der Waals surface area contributed by atoms with Crippen LogP contribution in [0.3, 0.4) is 0 Å². The fourth-order valence-electron chi connectivity index (χ4n) is 2.08. The molecular formula is C14H14N4O. The van der Waals surface area contributed by atoms with E-state index in [-0.39, 0.29) is 5.56 Å². The molecule has 0 radical (unpaired) electrons. The van der Waals surface area contributed by atoms with Gasteiger partial charge in [-0.2, -0.15) is 0 Å². The van der Waals surface area contributed by atoms with Gasteiger partial charge in [-0.15, -0.1) is 0 Å². The van der Waals surface area contributed by atoms with E-state index >= 15 is 0 Å². The van der Waals surface area contributed by atoms with Crippen LogP contribution < -0.4 is 5.56 Å². The Balaban J connectivity index is 2.11. The van der Waals surface area contributed by atoms with E-state index in [2.05, 4.69) is 21.9 Å². The van der Waals surface area contributed by atoms with E-state index in [1.165, 1.54) is 0 Å². The van der Waals surface area contributed by atoms with Gasteiger partial charge in [-0.25, -0.2) is 9.97 Å². The SMILES string of the molecule is CCc1ccc2ncn(Cc3ncc[nH]3)c(=O)c2c1. The molecule has 19 heavy (non-hydrogen) atoms. The molecule has 0 aliphatic heterocycles. The summed E-state index contributed by atoms with van der Waals surface area (Å²) in [6, 6.07) is 5.82. The maximum atomic E-state index is 12.4. The molecule has 0 fully saturated rings. The molecule has 0 aliphatic rings. The second-order valence-corrected chi connectivity index (χ2v) is 4.42. The molecule has 0 spiro atoms. The highest BCUT2D eigenvalue weighted by atomic mass is 16.1. The number of aromatic amines is 1. The Morgan fingerprint density at radius 1 is 1.32 bits per heavy atom. The van der Waals surface area contributed by atoms with Crippen molar-refractivity contribution in [1.82, 2.24) is 19.5 Å². The molecule has 0 bridgehead atoms. The van der Waals surface area contributed by atoms with Gasteiger partial charge in [-0.1, -0.05) is 13.0 Å². The molecule has 0 aliphatic carbocycles. The highest BCUT2D eigenvalue weighted by molar-refractivity contribution is 5.78. The number of aryl methyl sites for hydroxylation is 1. The third kappa shape index (κ3) is 2.14. The first-order valence-corrected chi connectivity index (χ1v) is 6.24. The smallest absolute Gasteiger partial charge is 0.261 e. The molecule has 0 unspecified atom stereocenters. The topological polar surface area (TPSA) is 63.6 Å². The molecule has 5 nitrogen and oxygen atoms in total. The quantitative estimate of drug-likeness (QED) is 0.774. The van der Waals surface area contributed by atoms with Crippen molar-refractivity contribution in [3.05, 3.63) is 58.7 Å². The van der Waals surface area contributed by atoms with Crippen molar-refractivity contribution >= 4 is 10.9 Å². The van der Waals surface area contributed by atoms with Gasteiger partial charge in [-0.3, -0.25) is 9.36 Å². The first kappa shape index (κ1) is 11.6. The maximum Gasteiger partial charge on any atom is 0.261 e. The molecule has 5 heteroatoms. The van der Waals surface area contributed by atoms with Crippen molar-refractivity contribution in [3.8, 4) is 0 Å². The van der Waals surface area contributed by atoms with E-state index < -0.39 is 0 Å². The summed E-state index contributed by atoms with van der Waals surface area (Å²) in [5.74, 6) is 0.745. The van der Waals surface area contributed by atoms with Crippen LogP contribution in [0.4, 0.5) is 0 Å². The summed E-state index contributed by atoms with van der Waals surface area (Å²) < 4.78 is 1.57. The van der Waals surface area contributed by atoms with Crippen LogP contribution in [0.15, 0.2) is 41.7 Å². The lowest BCUT2D eigenvalue weighted by atomic mass is 10.1. The lowest BCUT2D eigenvalue weighted by Crippen LogP contribution is -2.21. The van der Waals surface area contributed by atoms with Gasteiger partial charge in [0, 0.05) is 12.4 Å². The van der Waals surface area contributed by atoms with E-state index in [0.29, 0.717) is 11.9 Å². The van der Waals surface area contributed by atoms with Crippen LogP contribution >= 0.6 is 0 Å². The summed E-state index contributed by atoms with van der Waals surface area (Å²) in [7, 11) is 0. The number of imidazole rings is 1. The summed E-state index contributed by atoms with van der Waals surface area (Å²) >= 11 is 0. The number of hydrogen-bond donors (Lipinski definition) is 1. The van der Waals surface area contributed by atoms with Crippen molar-refractivity contribution in [2.24, 2.45) is 0 Å². The van der Waals surface area contributed by atoms with Gasteiger partial charge >= 0.3 is 0 Å². The number of nitrogens with zero attached hydrogens (tertiary/aromatic N) is 3. The Morgan fingerprint density at radius 2 is 2.21 bits per heavy atom. The number of fused-ring (bicyclic) bond motifs is 1. The third-order valence-electron chi connectivity index (χ3n) is 3.17. The lowest BCUT2D eigenvalue weighted by Gasteiger charge is -2.05. The van der Waals surface area contributed by atoms with E-state index in [0.717, 1.165) is 23.3 Å². The Hall–Kier alpha value is -2.43. The molecule has 2 aromatic heterocycles. The minimum absolute atomic E-state index is 0.0308. The number of nitrogens with one attached hydrogen (secondary N) is 1. The van der Waals surface area contributed by atoms with Crippen LogP contribution in [0, 0.1) is 0 Å². The number of hydrogen-bond acceptors (Lipinski definition) is 3. The Kier molecular flexibility index (Phi) is 2.87. The van der Waals surface area contributed by atoms with Gasteiger partial charge in [0.15, 0.2) is 0 Å². The van der Waals surface area contributed by atoms with Gasteiger partial charge in [-0.05, 0) is 24.1 Å². The molecule has 0 atom stereocenters. The summed E-state index contributed by atoms with van der Waals surface area (Å²) in [5.41, 5.74) is 1.84. The zero-order chi connectivity index (χ0) is 13.2. The molecule has 3 rings (SSSR count). The monoisotopic (exact) mass is 254 g/mol. The molecule has 0 saturated carbocycles. The van der Waals surface area contributed by atoms with Gasteiger partial charge in [0.1, 0.15) is 5.82 Å². The number of rotatable bonds is 3. The third-order valence-corrected chi connectivity index (χ3v) is 3.17. The second-order valence-electron chi connectivity index (χ2n) is 4.42. The average molecular weight is 254 g/mol. The van der Waals surface area contributed by atoms with Crippen molar-refractivity contribution in [3.63, 3.8) is 0 Å². The zero-order valence-electron chi connectivity index (χ0n) is 10.6. The standard InChI is InChI=1S/C14H14N4O/c1-2-10-3-4-12-11(7-10)14(19)18(9-17-12)8-13-15-5-6-16-13/h3-7,9H,2,8H2,1H3,(H,15,16). The predicted molar refractivity (Wildman–Crippen MR) is 73.1 cm³/mol. The highest BCUT2D eigenvalue weighted by Gasteiger charge is 2.06. The van der Waals surface area contributed by atoms with Crippen LogP contribution in [0.25, 0.3) is 10.9 Å². The van der Waals surface area contributed by atoms with Gasteiger partial charge in [0.2, 0.25) is 0 Å². The van der Waals surface area contributed by atoms with Crippen molar-refractivity contribution in [2.45, 2.75) is 19.9 Å². The molecule has 2 heterocycles. The van der Waals surface area contributed by atoms with E-state index in [1.807, 2.05) is 18.2 Å². The molecule has 1 aromatic carbocycles. The number of aromatic nitrogens is 4. The Labute approximate surface area is 110 Å². The fourth-order valence-corrected chi connectivity index (χ4v) is 2.08. The normalized spacial score (nSPS) is 11.0. The van der Waals surface area contributed by atoms with Crippen molar-refractivity contribution in [1.29, 1.82) is 0 Å². The van der Waals surface area contributed by atoms with Crippen LogP contribution in [0.1, 0.15) is 18.3 Å². The summed E-state index contributed by atoms with van der Waals surface area (Å²) in [4.78, 5) is 23.8. The second kappa shape index (κ2) is 4.68. The summed E-state index contributed by atoms with van der Waals surface area (Å²) in [6.45, 7) is 2.48. The summed E-state index contributed by atoms with van der Waals surface area (Å²) in [6.07, 6.45) is 5.88. The fraction of sp³-hybridized carbons (Fsp3) is 0.214. The minimum Gasteiger partial charge on any atom is -0.347 e. The van der Waals surface area contributed by atoms with Crippen molar-refractivity contribution in [2.75, 3.05) is 0 Å². The van der Waals surface area contributed by atoms with Crippen LogP contribution in [0.5, 0.6) is 0 Å². The Bertz CT molecular complexity index is 759. The summed E-state index contributed by atoms with van der Waals surface area (Å²) in [5, 5.41) is 0.661. The highest BCUT2D eigenvalue weighted by Crippen LogP contribution is 2.10.